The van der Waals surface area contributed by atoms with E-state index in [1.54, 1.807) is 6.07 Å². The highest BCUT2D eigenvalue weighted by Gasteiger charge is 2.24. The molecular weight excluding hydrogens is 252 g/mol. The Balaban J connectivity index is 2.06. The summed E-state index contributed by atoms with van der Waals surface area (Å²) in [5, 5.41) is 29.3. The number of rotatable bonds is 3. The maximum Gasteiger partial charge on any atom is 0.170 e. The van der Waals surface area contributed by atoms with Gasteiger partial charge in [-0.2, -0.15) is 5.10 Å². The molecule has 1 aliphatic heterocycles. The van der Waals surface area contributed by atoms with Gasteiger partial charge < -0.3 is 21.7 Å². The third-order valence-electron chi connectivity index (χ3n) is 2.29. The molecule has 0 aliphatic carbocycles. The van der Waals surface area contributed by atoms with Crippen LogP contribution in [0.4, 0.5) is 0 Å². The molecule has 1 heterocycles. The minimum atomic E-state index is -0.620. The van der Waals surface area contributed by atoms with E-state index in [0.717, 1.165) is 0 Å². The van der Waals surface area contributed by atoms with Gasteiger partial charge in [0.1, 0.15) is 0 Å². The van der Waals surface area contributed by atoms with Crippen LogP contribution in [-0.2, 0) is 4.94 Å². The molecule has 2 rings (SSSR count). The van der Waals surface area contributed by atoms with Crippen molar-refractivity contribution in [2.75, 3.05) is 0 Å². The SMILES string of the molecule is NC1=NONC1/C(N)=N/N=C/c1ccc(O)c(O)c1. The first kappa shape index (κ1) is 12.6. The number of hydrogen-bond acceptors (Lipinski definition) is 8. The summed E-state index contributed by atoms with van der Waals surface area (Å²) in [7, 11) is 0. The first-order valence-corrected chi connectivity index (χ1v) is 5.21. The number of nitrogens with zero attached hydrogens (tertiary/aromatic N) is 3. The molecule has 100 valence electrons. The number of nitrogens with one attached hydrogen (secondary N) is 1. The molecule has 0 spiro atoms. The minimum absolute atomic E-state index is 0.0815. The van der Waals surface area contributed by atoms with E-state index < -0.39 is 6.04 Å². The van der Waals surface area contributed by atoms with E-state index >= 15 is 0 Å². The van der Waals surface area contributed by atoms with Crippen molar-refractivity contribution in [1.82, 2.24) is 5.48 Å². The fourth-order valence-electron chi connectivity index (χ4n) is 1.30. The van der Waals surface area contributed by atoms with Crippen LogP contribution in [0.5, 0.6) is 11.5 Å². The maximum atomic E-state index is 9.28. The summed E-state index contributed by atoms with van der Waals surface area (Å²) in [4.78, 5) is 4.52. The standard InChI is InChI=1S/C10H12N6O3/c11-9(8-10(12)16-19-15-8)14-13-4-5-1-2-6(17)7(18)3-5/h1-4,8,15,17-18H,(H2,11,14)(H2,12,16)/b13-4+. The van der Waals surface area contributed by atoms with E-state index in [9.17, 15) is 5.11 Å². The first-order chi connectivity index (χ1) is 9.08. The lowest BCUT2D eigenvalue weighted by molar-refractivity contribution is 0.0696. The highest BCUT2D eigenvalue weighted by molar-refractivity contribution is 6.08. The second-order valence-corrected chi connectivity index (χ2v) is 3.68. The molecule has 0 saturated heterocycles. The second kappa shape index (κ2) is 5.23. The highest BCUT2D eigenvalue weighted by Crippen LogP contribution is 2.23. The molecule has 1 unspecified atom stereocenters. The Morgan fingerprint density at radius 1 is 1.42 bits per heavy atom. The van der Waals surface area contributed by atoms with Crippen LogP contribution in [0, 0.1) is 0 Å². The zero-order valence-corrected chi connectivity index (χ0v) is 9.69. The number of nitrogens with two attached hydrogens (primary N) is 2. The molecule has 7 N–H and O–H groups in total. The van der Waals surface area contributed by atoms with Crippen molar-refractivity contribution < 1.29 is 15.2 Å². The number of benzene rings is 1. The zero-order valence-electron chi connectivity index (χ0n) is 9.69. The predicted octanol–water partition coefficient (Wildman–Crippen LogP) is -1.04. The summed E-state index contributed by atoms with van der Waals surface area (Å²) in [6.07, 6.45) is 1.36. The number of oxime groups is 1. The molecule has 9 heteroatoms. The lowest BCUT2D eigenvalue weighted by Crippen LogP contribution is -2.45. The van der Waals surface area contributed by atoms with Gasteiger partial charge in [-0.15, -0.1) is 10.6 Å². The van der Waals surface area contributed by atoms with Crippen molar-refractivity contribution in [1.29, 1.82) is 0 Å². The molecular formula is C10H12N6O3. The van der Waals surface area contributed by atoms with Crippen LogP contribution < -0.4 is 16.9 Å². The number of hydroxylamine groups is 1. The normalized spacial score (nSPS) is 19.5. The van der Waals surface area contributed by atoms with Crippen molar-refractivity contribution in [3.63, 3.8) is 0 Å². The van der Waals surface area contributed by atoms with Crippen molar-refractivity contribution in [2.24, 2.45) is 26.8 Å². The van der Waals surface area contributed by atoms with Gasteiger partial charge in [-0.3, -0.25) is 4.94 Å². The van der Waals surface area contributed by atoms with Gasteiger partial charge >= 0.3 is 0 Å². The predicted molar refractivity (Wildman–Crippen MR) is 68.6 cm³/mol. The molecule has 1 aromatic carbocycles. The van der Waals surface area contributed by atoms with E-state index in [4.69, 9.17) is 16.6 Å². The number of aromatic hydroxyl groups is 2. The fraction of sp³-hybridized carbons (Fsp3) is 0.100. The molecule has 1 aliphatic rings. The van der Waals surface area contributed by atoms with Gasteiger partial charge in [-0.25, -0.2) is 0 Å². The van der Waals surface area contributed by atoms with Crippen LogP contribution in [-0.4, -0.2) is 34.1 Å². The van der Waals surface area contributed by atoms with E-state index in [2.05, 4.69) is 25.8 Å². The van der Waals surface area contributed by atoms with E-state index in [1.165, 1.54) is 18.3 Å². The molecule has 0 fully saturated rings. The molecule has 1 atom stereocenters. The van der Waals surface area contributed by atoms with Gasteiger partial charge in [0.05, 0.1) is 6.21 Å². The van der Waals surface area contributed by atoms with E-state index in [1.807, 2.05) is 0 Å². The van der Waals surface area contributed by atoms with Gasteiger partial charge in [0.25, 0.3) is 0 Å². The number of amidine groups is 2. The van der Waals surface area contributed by atoms with Crippen LogP contribution in [0.2, 0.25) is 0 Å². The Labute approximate surface area is 107 Å². The zero-order chi connectivity index (χ0) is 13.8. The van der Waals surface area contributed by atoms with Crippen molar-refractivity contribution >= 4 is 17.9 Å². The third-order valence-corrected chi connectivity index (χ3v) is 2.29. The Kier molecular flexibility index (Phi) is 3.48. The number of phenolic OH excluding ortho intramolecular Hbond substituents is 2. The molecule has 9 nitrogen and oxygen atoms in total. The van der Waals surface area contributed by atoms with Gasteiger partial charge in [0, 0.05) is 0 Å². The summed E-state index contributed by atoms with van der Waals surface area (Å²) in [5.74, 6) is -0.226. The van der Waals surface area contributed by atoms with Crippen LogP contribution >= 0.6 is 0 Å². The summed E-state index contributed by atoms with van der Waals surface area (Å²) in [5.41, 5.74) is 14.1. The summed E-state index contributed by atoms with van der Waals surface area (Å²) < 4.78 is 0. The van der Waals surface area contributed by atoms with Crippen molar-refractivity contribution in [2.45, 2.75) is 6.04 Å². The van der Waals surface area contributed by atoms with Crippen molar-refractivity contribution in [3.05, 3.63) is 23.8 Å². The molecule has 0 amide bonds. The lowest BCUT2D eigenvalue weighted by Gasteiger charge is -2.04. The molecule has 0 saturated carbocycles. The minimum Gasteiger partial charge on any atom is -0.504 e. The molecule has 19 heavy (non-hydrogen) atoms. The van der Waals surface area contributed by atoms with E-state index in [-0.39, 0.29) is 23.2 Å². The monoisotopic (exact) mass is 264 g/mol. The Morgan fingerprint density at radius 2 is 2.21 bits per heavy atom. The van der Waals surface area contributed by atoms with Crippen LogP contribution in [0.1, 0.15) is 5.56 Å². The Hall–Kier alpha value is -2.81. The highest BCUT2D eigenvalue weighted by atomic mass is 16.8. The molecule has 0 radical (unpaired) electrons. The molecule has 1 aromatic rings. The summed E-state index contributed by atoms with van der Waals surface area (Å²) >= 11 is 0. The quantitative estimate of drug-likeness (QED) is 0.204. The first-order valence-electron chi connectivity index (χ1n) is 5.21. The van der Waals surface area contributed by atoms with Gasteiger partial charge in [-0.1, -0.05) is 0 Å². The van der Waals surface area contributed by atoms with Gasteiger partial charge in [-0.05, 0) is 28.9 Å². The van der Waals surface area contributed by atoms with Crippen LogP contribution in [0.3, 0.4) is 0 Å². The maximum absolute atomic E-state index is 9.28. The smallest absolute Gasteiger partial charge is 0.170 e. The largest absolute Gasteiger partial charge is 0.504 e. The average molecular weight is 264 g/mol. The Morgan fingerprint density at radius 3 is 2.84 bits per heavy atom. The Bertz CT molecular complexity index is 568. The second-order valence-electron chi connectivity index (χ2n) is 3.68. The average Bonchev–Trinajstić information content (AvgIpc) is 2.80. The van der Waals surface area contributed by atoms with Gasteiger partial charge in [0.15, 0.2) is 29.2 Å². The van der Waals surface area contributed by atoms with Crippen molar-refractivity contribution in [3.8, 4) is 11.5 Å². The fourth-order valence-corrected chi connectivity index (χ4v) is 1.30. The van der Waals surface area contributed by atoms with Crippen LogP contribution in [0.15, 0.2) is 33.6 Å². The van der Waals surface area contributed by atoms with E-state index in [0.29, 0.717) is 5.56 Å². The molecule has 0 bridgehead atoms. The van der Waals surface area contributed by atoms with Crippen LogP contribution in [0.25, 0.3) is 0 Å². The molecule has 0 aromatic heterocycles. The topological polar surface area (TPSA) is 151 Å². The lowest BCUT2D eigenvalue weighted by atomic mass is 10.2. The van der Waals surface area contributed by atoms with Gasteiger partial charge in [0.2, 0.25) is 0 Å². The number of hydrogen-bond donors (Lipinski definition) is 5. The summed E-state index contributed by atoms with van der Waals surface area (Å²) in [6, 6.07) is 3.60. The number of phenols is 2. The summed E-state index contributed by atoms with van der Waals surface area (Å²) in [6.45, 7) is 0. The third kappa shape index (κ3) is 2.90.